The molecule has 1 aliphatic rings. The van der Waals surface area contributed by atoms with Gasteiger partial charge in [0.2, 0.25) is 5.78 Å². The largest absolute Gasteiger partial charge is 0.452 e. The van der Waals surface area contributed by atoms with Gasteiger partial charge in [-0.1, -0.05) is 44.0 Å². The molecule has 0 saturated heterocycles. The Balaban J connectivity index is 1.80. The van der Waals surface area contributed by atoms with Gasteiger partial charge in [0.25, 0.3) is 0 Å². The summed E-state index contributed by atoms with van der Waals surface area (Å²) >= 11 is 6.67. The Bertz CT molecular complexity index is 832. The van der Waals surface area contributed by atoms with Gasteiger partial charge in [0.1, 0.15) is 5.76 Å². The van der Waals surface area contributed by atoms with Gasteiger partial charge in [0, 0.05) is 32.2 Å². The van der Waals surface area contributed by atoms with Crippen LogP contribution in [-0.4, -0.2) is 11.6 Å². The highest BCUT2D eigenvalue weighted by Crippen LogP contribution is 2.27. The predicted octanol–water partition coefficient (Wildman–Crippen LogP) is 4.92. The van der Waals surface area contributed by atoms with Crippen molar-refractivity contribution in [1.29, 1.82) is 0 Å². The molecule has 23 heavy (non-hydrogen) atoms. The summed E-state index contributed by atoms with van der Waals surface area (Å²) in [5, 5.41) is 0. The van der Waals surface area contributed by atoms with Crippen LogP contribution in [0.5, 0.6) is 0 Å². The maximum atomic E-state index is 12.2. The number of hydrogen-bond acceptors (Lipinski definition) is 3. The van der Waals surface area contributed by atoms with Gasteiger partial charge >= 0.3 is 0 Å². The SMILES string of the molecule is O=C1C=C(c2ccc(Br)cc2)O/C1=C\C(=O)c1ccc(Br)cc1. The second-order valence-corrected chi connectivity index (χ2v) is 6.69. The van der Waals surface area contributed by atoms with Crippen LogP contribution in [0.15, 0.2) is 75.4 Å². The van der Waals surface area contributed by atoms with Crippen molar-refractivity contribution in [3.63, 3.8) is 0 Å². The Hall–Kier alpha value is -1.98. The molecule has 0 fully saturated rings. The zero-order valence-corrected chi connectivity index (χ0v) is 14.9. The Morgan fingerprint density at radius 1 is 0.913 bits per heavy atom. The number of carbonyl (C=O) groups excluding carboxylic acids is 2. The van der Waals surface area contributed by atoms with E-state index in [0.29, 0.717) is 11.3 Å². The third kappa shape index (κ3) is 3.68. The standard InChI is InChI=1S/C18H10Br2O3/c19-13-5-1-11(2-6-13)15(21)9-18-16(22)10-17(23-18)12-3-7-14(20)8-4-12/h1-10H/b18-9-. The Kier molecular flexibility index (Phi) is 4.59. The van der Waals surface area contributed by atoms with Gasteiger partial charge in [0.15, 0.2) is 11.5 Å². The quantitative estimate of drug-likeness (QED) is 0.509. The molecule has 3 rings (SSSR count). The highest BCUT2D eigenvalue weighted by atomic mass is 79.9. The van der Waals surface area contributed by atoms with Crippen molar-refractivity contribution in [3.8, 4) is 0 Å². The lowest BCUT2D eigenvalue weighted by molar-refractivity contribution is -0.112. The summed E-state index contributed by atoms with van der Waals surface area (Å²) in [6.45, 7) is 0. The van der Waals surface area contributed by atoms with Crippen molar-refractivity contribution in [2.75, 3.05) is 0 Å². The Morgan fingerprint density at radius 2 is 1.48 bits per heavy atom. The van der Waals surface area contributed by atoms with Crippen LogP contribution in [-0.2, 0) is 9.53 Å². The molecule has 1 aliphatic heterocycles. The first-order valence-electron chi connectivity index (χ1n) is 6.74. The van der Waals surface area contributed by atoms with E-state index in [1.165, 1.54) is 12.2 Å². The summed E-state index contributed by atoms with van der Waals surface area (Å²) in [6.07, 6.45) is 2.62. The van der Waals surface area contributed by atoms with E-state index in [-0.39, 0.29) is 17.3 Å². The van der Waals surface area contributed by atoms with Crippen molar-refractivity contribution in [2.45, 2.75) is 0 Å². The van der Waals surface area contributed by atoms with Gasteiger partial charge in [-0.3, -0.25) is 9.59 Å². The van der Waals surface area contributed by atoms with Crippen LogP contribution in [0.4, 0.5) is 0 Å². The van der Waals surface area contributed by atoms with Crippen molar-refractivity contribution in [3.05, 3.63) is 86.5 Å². The summed E-state index contributed by atoms with van der Waals surface area (Å²) in [7, 11) is 0. The number of carbonyl (C=O) groups is 2. The maximum absolute atomic E-state index is 12.2. The molecule has 0 aliphatic carbocycles. The summed E-state index contributed by atoms with van der Waals surface area (Å²) in [4.78, 5) is 24.2. The van der Waals surface area contributed by atoms with Gasteiger partial charge in [-0.2, -0.15) is 0 Å². The minimum absolute atomic E-state index is 0.0378. The van der Waals surface area contributed by atoms with Crippen LogP contribution >= 0.6 is 31.9 Å². The fraction of sp³-hybridized carbons (Fsp3) is 0. The van der Waals surface area contributed by atoms with Crippen molar-refractivity contribution in [1.82, 2.24) is 0 Å². The van der Waals surface area contributed by atoms with Gasteiger partial charge in [-0.15, -0.1) is 0 Å². The first-order valence-corrected chi connectivity index (χ1v) is 8.33. The number of rotatable bonds is 3. The molecule has 0 unspecified atom stereocenters. The molecule has 1 heterocycles. The third-order valence-corrected chi connectivity index (χ3v) is 4.30. The molecule has 114 valence electrons. The van der Waals surface area contributed by atoms with Crippen LogP contribution in [0.1, 0.15) is 15.9 Å². The normalized spacial score (nSPS) is 15.5. The zero-order valence-electron chi connectivity index (χ0n) is 11.8. The molecule has 0 N–H and O–H groups in total. The van der Waals surface area contributed by atoms with Crippen molar-refractivity contribution < 1.29 is 14.3 Å². The molecule has 0 aromatic heterocycles. The molecule has 0 bridgehead atoms. The number of hydrogen-bond donors (Lipinski definition) is 0. The monoisotopic (exact) mass is 432 g/mol. The highest BCUT2D eigenvalue weighted by Gasteiger charge is 2.23. The van der Waals surface area contributed by atoms with E-state index >= 15 is 0 Å². The first-order chi connectivity index (χ1) is 11.0. The Morgan fingerprint density at radius 3 is 2.09 bits per heavy atom. The summed E-state index contributed by atoms with van der Waals surface area (Å²) in [5.41, 5.74) is 1.27. The lowest BCUT2D eigenvalue weighted by Crippen LogP contribution is -2.01. The van der Waals surface area contributed by atoms with Crippen molar-refractivity contribution in [2.24, 2.45) is 0 Å². The number of ketones is 2. The molecule has 0 radical (unpaired) electrons. The molecule has 0 spiro atoms. The van der Waals surface area contributed by atoms with E-state index in [0.717, 1.165) is 14.5 Å². The van der Waals surface area contributed by atoms with E-state index in [4.69, 9.17) is 4.74 Å². The van der Waals surface area contributed by atoms with Crippen LogP contribution in [0.25, 0.3) is 5.76 Å². The number of halogens is 2. The van der Waals surface area contributed by atoms with E-state index in [9.17, 15) is 9.59 Å². The highest BCUT2D eigenvalue weighted by molar-refractivity contribution is 9.10. The van der Waals surface area contributed by atoms with E-state index in [1.54, 1.807) is 24.3 Å². The fourth-order valence-electron chi connectivity index (χ4n) is 2.06. The molecule has 3 nitrogen and oxygen atoms in total. The molecule has 0 atom stereocenters. The number of allylic oxidation sites excluding steroid dienone is 2. The van der Waals surface area contributed by atoms with E-state index in [2.05, 4.69) is 31.9 Å². The van der Waals surface area contributed by atoms with Crippen LogP contribution in [0.2, 0.25) is 0 Å². The summed E-state index contributed by atoms with van der Waals surface area (Å²) < 4.78 is 7.36. The average Bonchev–Trinajstić information content (AvgIpc) is 2.89. The van der Waals surface area contributed by atoms with Crippen LogP contribution in [0.3, 0.4) is 0 Å². The second-order valence-electron chi connectivity index (χ2n) is 4.86. The minimum atomic E-state index is -0.312. The smallest absolute Gasteiger partial charge is 0.224 e. The van der Waals surface area contributed by atoms with Crippen LogP contribution in [0, 0.1) is 0 Å². The van der Waals surface area contributed by atoms with Gasteiger partial charge in [-0.25, -0.2) is 0 Å². The third-order valence-electron chi connectivity index (χ3n) is 3.24. The van der Waals surface area contributed by atoms with Crippen LogP contribution < -0.4 is 0 Å². The van der Waals surface area contributed by atoms with Crippen molar-refractivity contribution >= 4 is 49.2 Å². The predicted molar refractivity (Wildman–Crippen MR) is 94.8 cm³/mol. The molecular weight excluding hydrogens is 424 g/mol. The minimum Gasteiger partial charge on any atom is -0.452 e. The van der Waals surface area contributed by atoms with Gasteiger partial charge in [-0.05, 0) is 36.4 Å². The molecule has 2 aromatic carbocycles. The summed E-state index contributed by atoms with van der Waals surface area (Å²) in [6, 6.07) is 14.3. The number of benzene rings is 2. The molecule has 2 aromatic rings. The number of ether oxygens (including phenoxy) is 1. The molecule has 0 saturated carbocycles. The zero-order chi connectivity index (χ0) is 16.4. The van der Waals surface area contributed by atoms with Gasteiger partial charge in [0.05, 0.1) is 0 Å². The first kappa shape index (κ1) is 15.9. The molecule has 5 heteroatoms. The Labute approximate surface area is 149 Å². The van der Waals surface area contributed by atoms with E-state index < -0.39 is 0 Å². The van der Waals surface area contributed by atoms with Gasteiger partial charge < -0.3 is 4.74 Å². The van der Waals surface area contributed by atoms with E-state index in [1.807, 2.05) is 24.3 Å². The fourth-order valence-corrected chi connectivity index (χ4v) is 2.59. The topological polar surface area (TPSA) is 43.4 Å². The maximum Gasteiger partial charge on any atom is 0.224 e. The second kappa shape index (κ2) is 6.64. The lowest BCUT2D eigenvalue weighted by atomic mass is 10.1. The average molecular weight is 434 g/mol. The molecule has 0 amide bonds. The summed E-state index contributed by atoms with van der Waals surface area (Å²) in [5.74, 6) is -0.104. The lowest BCUT2D eigenvalue weighted by Gasteiger charge is -2.04. The molecular formula is C18H10Br2O3.